The smallest absolute Gasteiger partial charge is 0.149 e. The molecule has 0 unspecified atom stereocenters. The second kappa shape index (κ2) is 5.18. The van der Waals surface area contributed by atoms with E-state index in [4.69, 9.17) is 10.6 Å². The molecule has 3 N–H and O–H groups in total. The van der Waals surface area contributed by atoms with Gasteiger partial charge in [0.1, 0.15) is 11.7 Å². The fourth-order valence-electron chi connectivity index (χ4n) is 1.60. The molecule has 1 aromatic heterocycles. The van der Waals surface area contributed by atoms with Crippen LogP contribution in [0.4, 0.5) is 5.82 Å². The summed E-state index contributed by atoms with van der Waals surface area (Å²) in [6.07, 6.45) is 1.66. The molecule has 0 aromatic carbocycles. The van der Waals surface area contributed by atoms with Crippen molar-refractivity contribution in [1.82, 2.24) is 10.5 Å². The Kier molecular flexibility index (Phi) is 3.63. The third-order valence-electron chi connectivity index (χ3n) is 2.48. The Hall–Kier alpha value is -1.27. The molecule has 1 aromatic rings. The molecule has 1 fully saturated rings. The van der Waals surface area contributed by atoms with Crippen LogP contribution < -0.4 is 10.4 Å². The van der Waals surface area contributed by atoms with Crippen LogP contribution in [0.25, 0.3) is 0 Å². The number of pyridine rings is 1. The minimum absolute atomic E-state index is 0.00460. The summed E-state index contributed by atoms with van der Waals surface area (Å²) < 4.78 is 0. The summed E-state index contributed by atoms with van der Waals surface area (Å²) in [4.78, 5) is 6.49. The van der Waals surface area contributed by atoms with Crippen molar-refractivity contribution < 1.29 is 5.21 Å². The lowest BCUT2D eigenvalue weighted by molar-refractivity contribution is 0.234. The summed E-state index contributed by atoms with van der Waals surface area (Å²) in [5.74, 6) is 3.09. The minimum atomic E-state index is -0.00460. The van der Waals surface area contributed by atoms with Crippen LogP contribution in [0.5, 0.6) is 0 Å². The van der Waals surface area contributed by atoms with Gasteiger partial charge < -0.3 is 4.90 Å². The molecular formula is C10H14N4OS. The molecule has 0 bridgehead atoms. The molecule has 1 saturated heterocycles. The highest BCUT2D eigenvalue weighted by atomic mass is 32.2. The van der Waals surface area contributed by atoms with Gasteiger partial charge in [-0.2, -0.15) is 11.8 Å². The standard InChI is InChI=1S/C10H14N4OS/c11-10(13-15)8-1-2-12-9(7-8)14-3-5-16-6-4-14/h1-2,7,15H,3-6H2,(H2,11,13). The van der Waals surface area contributed by atoms with Gasteiger partial charge in [0, 0.05) is 36.4 Å². The zero-order valence-corrected chi connectivity index (χ0v) is 9.63. The molecule has 0 amide bonds. The number of hydrogen-bond donors (Lipinski definition) is 3. The molecule has 0 saturated carbocycles. The Morgan fingerprint density at radius 2 is 2.25 bits per heavy atom. The fraction of sp³-hybridized carbons (Fsp3) is 0.400. The van der Waals surface area contributed by atoms with Gasteiger partial charge in [0.2, 0.25) is 0 Å². The van der Waals surface area contributed by atoms with E-state index in [2.05, 4.69) is 9.88 Å². The molecule has 1 aliphatic heterocycles. The van der Waals surface area contributed by atoms with Crippen LogP contribution in [0, 0.1) is 5.41 Å². The van der Waals surface area contributed by atoms with Crippen molar-refractivity contribution in [3.63, 3.8) is 0 Å². The van der Waals surface area contributed by atoms with Gasteiger partial charge in [-0.05, 0) is 12.1 Å². The number of nitrogens with zero attached hydrogens (tertiary/aromatic N) is 2. The third-order valence-corrected chi connectivity index (χ3v) is 3.42. The summed E-state index contributed by atoms with van der Waals surface area (Å²) in [7, 11) is 0. The van der Waals surface area contributed by atoms with Crippen LogP contribution in [0.1, 0.15) is 5.56 Å². The number of hydrogen-bond acceptors (Lipinski definition) is 5. The average molecular weight is 238 g/mol. The second-order valence-corrected chi connectivity index (χ2v) is 4.71. The topological polar surface area (TPSA) is 72.2 Å². The van der Waals surface area contributed by atoms with Crippen LogP contribution in [0.15, 0.2) is 18.3 Å². The number of aromatic nitrogens is 1. The van der Waals surface area contributed by atoms with Gasteiger partial charge in [-0.1, -0.05) is 0 Å². The van der Waals surface area contributed by atoms with Crippen molar-refractivity contribution in [2.45, 2.75) is 0 Å². The average Bonchev–Trinajstić information content (AvgIpc) is 2.39. The van der Waals surface area contributed by atoms with Gasteiger partial charge in [-0.25, -0.2) is 4.98 Å². The van der Waals surface area contributed by atoms with Gasteiger partial charge >= 0.3 is 0 Å². The predicted molar refractivity (Wildman–Crippen MR) is 65.5 cm³/mol. The third kappa shape index (κ3) is 2.45. The van der Waals surface area contributed by atoms with Crippen molar-refractivity contribution >= 4 is 23.4 Å². The van der Waals surface area contributed by atoms with Crippen molar-refractivity contribution in [1.29, 1.82) is 5.41 Å². The van der Waals surface area contributed by atoms with E-state index in [-0.39, 0.29) is 5.84 Å². The van der Waals surface area contributed by atoms with E-state index in [1.54, 1.807) is 12.3 Å². The van der Waals surface area contributed by atoms with E-state index in [0.29, 0.717) is 5.56 Å². The molecule has 0 aliphatic carbocycles. The normalized spacial score (nSPS) is 15.9. The molecule has 0 spiro atoms. The number of thioether (sulfide) groups is 1. The Morgan fingerprint density at radius 1 is 1.50 bits per heavy atom. The van der Waals surface area contributed by atoms with Crippen LogP contribution in [0.2, 0.25) is 0 Å². The van der Waals surface area contributed by atoms with E-state index in [1.807, 2.05) is 23.3 Å². The van der Waals surface area contributed by atoms with E-state index in [9.17, 15) is 0 Å². The van der Waals surface area contributed by atoms with Crippen LogP contribution in [-0.4, -0.2) is 40.6 Å². The highest BCUT2D eigenvalue weighted by Gasteiger charge is 2.13. The van der Waals surface area contributed by atoms with Crippen molar-refractivity contribution in [3.8, 4) is 0 Å². The van der Waals surface area contributed by atoms with Crippen LogP contribution in [-0.2, 0) is 0 Å². The maximum absolute atomic E-state index is 8.68. The van der Waals surface area contributed by atoms with Crippen molar-refractivity contribution in [3.05, 3.63) is 23.9 Å². The number of hydroxylamine groups is 1. The van der Waals surface area contributed by atoms with Crippen LogP contribution in [0.3, 0.4) is 0 Å². The maximum Gasteiger partial charge on any atom is 0.149 e. The molecule has 1 aliphatic rings. The fourth-order valence-corrected chi connectivity index (χ4v) is 2.51. The largest absolute Gasteiger partial charge is 0.355 e. The van der Waals surface area contributed by atoms with Crippen molar-refractivity contribution in [2.24, 2.45) is 0 Å². The summed E-state index contributed by atoms with van der Waals surface area (Å²) in [5, 5.41) is 16.2. The Labute approximate surface area is 98.3 Å². The predicted octanol–water partition coefficient (Wildman–Crippen LogP) is 0.939. The first-order valence-corrected chi connectivity index (χ1v) is 6.24. The SMILES string of the molecule is N=C(NO)c1ccnc(N2CCSCC2)c1. The van der Waals surface area contributed by atoms with Gasteiger partial charge in [0.05, 0.1) is 0 Å². The Balaban J connectivity index is 2.17. The van der Waals surface area contributed by atoms with Crippen molar-refractivity contribution in [2.75, 3.05) is 29.5 Å². The zero-order chi connectivity index (χ0) is 11.4. The van der Waals surface area contributed by atoms with Gasteiger partial charge in [-0.3, -0.25) is 16.1 Å². The quantitative estimate of drug-likeness (QED) is 0.406. The summed E-state index contributed by atoms with van der Waals surface area (Å²) in [6, 6.07) is 3.52. The molecule has 2 rings (SSSR count). The molecule has 2 heterocycles. The molecule has 0 atom stereocenters. The highest BCUT2D eigenvalue weighted by Crippen LogP contribution is 2.17. The molecule has 5 nitrogen and oxygen atoms in total. The summed E-state index contributed by atoms with van der Waals surface area (Å²) >= 11 is 1.94. The molecular weight excluding hydrogens is 224 g/mol. The first-order chi connectivity index (χ1) is 7.81. The Morgan fingerprint density at radius 3 is 2.94 bits per heavy atom. The summed E-state index contributed by atoms with van der Waals surface area (Å²) in [6.45, 7) is 1.97. The molecule has 0 radical (unpaired) electrons. The van der Waals surface area contributed by atoms with E-state index >= 15 is 0 Å². The van der Waals surface area contributed by atoms with Gasteiger partial charge in [0.25, 0.3) is 0 Å². The maximum atomic E-state index is 8.68. The first-order valence-electron chi connectivity index (χ1n) is 5.09. The number of nitrogens with one attached hydrogen (secondary N) is 2. The highest BCUT2D eigenvalue weighted by molar-refractivity contribution is 7.99. The van der Waals surface area contributed by atoms with E-state index in [0.717, 1.165) is 30.4 Å². The molecule has 86 valence electrons. The van der Waals surface area contributed by atoms with E-state index in [1.165, 1.54) is 0 Å². The minimum Gasteiger partial charge on any atom is -0.355 e. The first kappa shape index (κ1) is 11.2. The Bertz CT molecular complexity index is 379. The van der Waals surface area contributed by atoms with E-state index < -0.39 is 0 Å². The number of anilines is 1. The number of amidine groups is 1. The van der Waals surface area contributed by atoms with Gasteiger partial charge in [-0.15, -0.1) is 0 Å². The monoisotopic (exact) mass is 238 g/mol. The molecule has 16 heavy (non-hydrogen) atoms. The van der Waals surface area contributed by atoms with Gasteiger partial charge in [0.15, 0.2) is 0 Å². The number of rotatable bonds is 2. The molecule has 6 heteroatoms. The van der Waals surface area contributed by atoms with Crippen LogP contribution >= 0.6 is 11.8 Å². The lowest BCUT2D eigenvalue weighted by atomic mass is 10.2. The zero-order valence-electron chi connectivity index (χ0n) is 8.81. The summed E-state index contributed by atoms with van der Waals surface area (Å²) in [5.41, 5.74) is 2.49. The second-order valence-electron chi connectivity index (χ2n) is 3.49. The lowest BCUT2D eigenvalue weighted by Gasteiger charge is -2.27. The lowest BCUT2D eigenvalue weighted by Crippen LogP contribution is -2.33.